The van der Waals surface area contributed by atoms with Gasteiger partial charge in [0.1, 0.15) is 6.04 Å². The zero-order chi connectivity index (χ0) is 39.9. The number of carboxylic acids is 1. The Morgan fingerprint density at radius 2 is 1.62 bits per heavy atom. The Hall–Kier alpha value is -5.41. The third-order valence-electron chi connectivity index (χ3n) is 9.49. The third-order valence-corrected chi connectivity index (χ3v) is 9.49. The molecule has 2 aliphatic heterocycles. The molecule has 56 heavy (non-hydrogen) atoms. The van der Waals surface area contributed by atoms with Crippen molar-refractivity contribution in [2.75, 3.05) is 7.11 Å². The smallest absolute Gasteiger partial charge is 0.328 e. The first kappa shape index (κ1) is 45.0. The van der Waals surface area contributed by atoms with Crippen LogP contribution in [0.2, 0.25) is 0 Å². The molecule has 3 aromatic rings. The van der Waals surface area contributed by atoms with Crippen LogP contribution in [0.25, 0.3) is 0 Å². The normalized spacial score (nSPS) is 17.4. The molecule has 0 fully saturated rings. The number of amides is 3. The molecule has 4 bridgehead atoms. The number of carboxylic acid groups (broad SMARTS) is 1. The number of nitro groups is 1. The molecule has 7 N–H and O–H groups in total. The van der Waals surface area contributed by atoms with Crippen LogP contribution in [0.15, 0.2) is 60.7 Å². The summed E-state index contributed by atoms with van der Waals surface area (Å²) >= 11 is 0. The molecular weight excluding hydrogens is 746 g/mol. The van der Waals surface area contributed by atoms with E-state index < -0.39 is 64.2 Å². The second kappa shape index (κ2) is 22.2. The molecule has 0 aromatic heterocycles. The standard InChI is InChI=1S/C40H51N5O10.ClH/c1-3-4-5-6-7-8-9-10-14-17-34(47)43-36(40(50)51)35-27-23-31(46)37(54-2)33(24-27)55-32-19-18-26(22-30(32)45(52)53)20-28(41)38(48)42-29(39(49)44-35)21-25-15-12-11-13-16-25;/h11-13,15-16,18-19,22-24,28-29,35-36,46H,3-10,14,17,20-21,41H2,1-2H3,(H,42,48)(H,43,47)(H,44,49)(H,50,51);1H/t28-,29+,35+,36-;/m0./s1. The molecule has 0 spiro atoms. The van der Waals surface area contributed by atoms with Crippen molar-refractivity contribution in [2.24, 2.45) is 5.73 Å². The lowest BCUT2D eigenvalue weighted by Crippen LogP contribution is -2.56. The predicted octanol–water partition coefficient (Wildman–Crippen LogP) is 5.78. The number of carbonyl (C=O) groups is 4. The van der Waals surface area contributed by atoms with Gasteiger partial charge < -0.3 is 41.4 Å². The van der Waals surface area contributed by atoms with Gasteiger partial charge in [-0.05, 0) is 47.7 Å². The maximum absolute atomic E-state index is 14.2. The Balaban J connectivity index is 0.00000841. The summed E-state index contributed by atoms with van der Waals surface area (Å²) in [4.78, 5) is 65.3. The lowest BCUT2D eigenvalue weighted by molar-refractivity contribution is -0.385. The molecule has 2 heterocycles. The number of aromatic hydroxyl groups is 1. The van der Waals surface area contributed by atoms with E-state index in [1.807, 2.05) is 0 Å². The quantitative estimate of drug-likeness (QED) is 0.0544. The van der Waals surface area contributed by atoms with E-state index >= 15 is 0 Å². The highest BCUT2D eigenvalue weighted by atomic mass is 35.5. The minimum Gasteiger partial charge on any atom is -0.504 e. The molecule has 304 valence electrons. The van der Waals surface area contributed by atoms with Crippen molar-refractivity contribution in [3.63, 3.8) is 0 Å². The van der Waals surface area contributed by atoms with Crippen LogP contribution in [0.3, 0.4) is 0 Å². The number of aliphatic carboxylic acids is 1. The number of carbonyl (C=O) groups excluding carboxylic acids is 3. The van der Waals surface area contributed by atoms with Crippen LogP contribution >= 0.6 is 12.4 Å². The number of rotatable bonds is 17. The Bertz CT molecular complexity index is 1810. The van der Waals surface area contributed by atoms with Gasteiger partial charge in [-0.2, -0.15) is 0 Å². The first-order valence-corrected chi connectivity index (χ1v) is 18.7. The van der Waals surface area contributed by atoms with Crippen LogP contribution in [0.1, 0.15) is 93.9 Å². The fourth-order valence-corrected chi connectivity index (χ4v) is 6.53. The van der Waals surface area contributed by atoms with Crippen molar-refractivity contribution in [2.45, 2.75) is 108 Å². The number of phenols is 1. The second-order valence-electron chi connectivity index (χ2n) is 13.7. The van der Waals surface area contributed by atoms with E-state index in [-0.39, 0.29) is 54.5 Å². The second-order valence-corrected chi connectivity index (χ2v) is 13.7. The molecular formula is C40H52ClN5O10. The molecule has 0 unspecified atom stereocenters. The van der Waals surface area contributed by atoms with E-state index in [1.165, 1.54) is 57.1 Å². The molecule has 3 aromatic carbocycles. The first-order chi connectivity index (χ1) is 26.4. The molecule has 0 aliphatic carbocycles. The topological polar surface area (TPSA) is 232 Å². The lowest BCUT2D eigenvalue weighted by Gasteiger charge is -2.30. The van der Waals surface area contributed by atoms with Crippen LogP contribution in [-0.4, -0.2) is 64.1 Å². The van der Waals surface area contributed by atoms with Crippen LogP contribution < -0.4 is 31.2 Å². The molecule has 16 heteroatoms. The van der Waals surface area contributed by atoms with Crippen molar-refractivity contribution < 1.29 is 43.8 Å². The van der Waals surface area contributed by atoms with Gasteiger partial charge in [-0.3, -0.25) is 24.5 Å². The van der Waals surface area contributed by atoms with Crippen molar-refractivity contribution in [3.8, 4) is 23.0 Å². The van der Waals surface area contributed by atoms with Crippen LogP contribution in [0, 0.1) is 10.1 Å². The van der Waals surface area contributed by atoms with Crippen molar-refractivity contribution in [1.82, 2.24) is 16.0 Å². The number of halogens is 1. The van der Waals surface area contributed by atoms with Gasteiger partial charge in [0.2, 0.25) is 29.2 Å². The molecule has 15 nitrogen and oxygen atoms in total. The van der Waals surface area contributed by atoms with Crippen molar-refractivity contribution in [3.05, 3.63) is 87.5 Å². The Kier molecular flexibility index (Phi) is 17.8. The number of phenolic OH excluding ortho intramolecular Hbond substituents is 1. The lowest BCUT2D eigenvalue weighted by atomic mass is 9.96. The number of nitrogens with zero attached hydrogens (tertiary/aromatic N) is 1. The van der Waals surface area contributed by atoms with Gasteiger partial charge >= 0.3 is 11.7 Å². The average molecular weight is 798 g/mol. The Morgan fingerprint density at radius 3 is 2.25 bits per heavy atom. The van der Waals surface area contributed by atoms with Crippen LogP contribution in [0.5, 0.6) is 23.0 Å². The molecule has 0 saturated carbocycles. The van der Waals surface area contributed by atoms with E-state index in [2.05, 4.69) is 22.9 Å². The maximum atomic E-state index is 14.2. The number of ether oxygens (including phenoxy) is 2. The van der Waals surface area contributed by atoms with Gasteiger partial charge in [0.25, 0.3) is 0 Å². The summed E-state index contributed by atoms with van der Waals surface area (Å²) in [6, 6.07) is 9.29. The predicted molar refractivity (Wildman–Crippen MR) is 211 cm³/mol. The Labute approximate surface area is 332 Å². The highest BCUT2D eigenvalue weighted by molar-refractivity contribution is 5.91. The first-order valence-electron chi connectivity index (χ1n) is 18.7. The third kappa shape index (κ3) is 12.8. The SMILES string of the molecule is CCCCCCCCCCCC(=O)N[C@H](C(=O)O)[C@@H]1NC(=O)[C@@H](Cc2ccccc2)NC(=O)[C@@H](N)Cc2ccc(c([N+](=O)[O-])c2)Oc2cc1cc(O)c2OC.Cl. The summed E-state index contributed by atoms with van der Waals surface area (Å²) in [5, 5.41) is 41.7. The fourth-order valence-electron chi connectivity index (χ4n) is 6.53. The van der Waals surface area contributed by atoms with Crippen LogP contribution in [-0.2, 0) is 32.0 Å². The summed E-state index contributed by atoms with van der Waals surface area (Å²) in [6.07, 6.45) is 9.02. The maximum Gasteiger partial charge on any atom is 0.328 e. The number of methoxy groups -OCH3 is 1. The number of nitrogens with two attached hydrogens (primary N) is 1. The van der Waals surface area contributed by atoms with Crippen molar-refractivity contribution >= 4 is 41.8 Å². The van der Waals surface area contributed by atoms with E-state index in [9.17, 15) is 39.5 Å². The number of benzene rings is 3. The minimum absolute atomic E-state index is 0. The fraction of sp³-hybridized carbons (Fsp3) is 0.450. The van der Waals surface area contributed by atoms with Crippen molar-refractivity contribution in [1.29, 1.82) is 0 Å². The van der Waals surface area contributed by atoms with Gasteiger partial charge in [-0.15, -0.1) is 12.4 Å². The summed E-state index contributed by atoms with van der Waals surface area (Å²) < 4.78 is 11.3. The van der Waals surface area contributed by atoms with Gasteiger partial charge in [0.05, 0.1) is 24.1 Å². The summed E-state index contributed by atoms with van der Waals surface area (Å²) in [6.45, 7) is 2.16. The number of hydrogen-bond acceptors (Lipinski definition) is 10. The molecule has 0 saturated heterocycles. The molecule has 0 radical (unpaired) electrons. The summed E-state index contributed by atoms with van der Waals surface area (Å²) in [7, 11) is 1.23. The largest absolute Gasteiger partial charge is 0.504 e. The highest BCUT2D eigenvalue weighted by Crippen LogP contribution is 2.44. The van der Waals surface area contributed by atoms with Gasteiger partial charge in [-0.1, -0.05) is 94.7 Å². The monoisotopic (exact) mass is 797 g/mol. The minimum atomic E-state index is -1.78. The van der Waals surface area contributed by atoms with E-state index in [0.29, 0.717) is 17.5 Å². The van der Waals surface area contributed by atoms with E-state index in [0.717, 1.165) is 31.7 Å². The highest BCUT2D eigenvalue weighted by Gasteiger charge is 2.36. The number of unbranched alkanes of at least 4 members (excludes halogenated alkanes) is 8. The number of fused-ring (bicyclic) bond motifs is 9. The van der Waals surface area contributed by atoms with Gasteiger partial charge in [0.15, 0.2) is 17.5 Å². The molecule has 4 atom stereocenters. The molecule has 2 aliphatic rings. The summed E-state index contributed by atoms with van der Waals surface area (Å²) in [5.41, 5.74) is 6.71. The Morgan fingerprint density at radius 1 is 0.964 bits per heavy atom. The van der Waals surface area contributed by atoms with Gasteiger partial charge in [0, 0.05) is 18.9 Å². The average Bonchev–Trinajstić information content (AvgIpc) is 3.15. The van der Waals surface area contributed by atoms with Gasteiger partial charge in [-0.25, -0.2) is 4.79 Å². The molecule has 3 amide bonds. The number of nitro benzene ring substituents is 1. The summed E-state index contributed by atoms with van der Waals surface area (Å²) in [5.74, 6) is -4.90. The van der Waals surface area contributed by atoms with Crippen LogP contribution in [0.4, 0.5) is 5.69 Å². The number of nitrogens with one attached hydrogen (secondary N) is 3. The molecule has 5 rings (SSSR count). The zero-order valence-corrected chi connectivity index (χ0v) is 32.5. The zero-order valence-electron chi connectivity index (χ0n) is 31.7. The van der Waals surface area contributed by atoms with E-state index in [1.54, 1.807) is 30.3 Å². The number of hydrogen-bond donors (Lipinski definition) is 6. The van der Waals surface area contributed by atoms with E-state index in [4.69, 9.17) is 15.2 Å².